The molecule has 4 nitrogen and oxygen atoms in total. The summed E-state index contributed by atoms with van der Waals surface area (Å²) < 4.78 is 6.50. The van der Waals surface area contributed by atoms with E-state index >= 15 is 0 Å². The number of amidine groups is 1. The molecule has 254 valence electrons. The highest BCUT2D eigenvalue weighted by molar-refractivity contribution is 8.00. The van der Waals surface area contributed by atoms with Gasteiger partial charge >= 0.3 is 0 Å². The number of nitrogens with two attached hydrogens (primary N) is 1. The van der Waals surface area contributed by atoms with Gasteiger partial charge in [0.25, 0.3) is 0 Å². The molecule has 5 aromatic carbocycles. The first-order chi connectivity index (χ1) is 25.6. The van der Waals surface area contributed by atoms with Gasteiger partial charge in [0.05, 0.1) is 6.04 Å². The summed E-state index contributed by atoms with van der Waals surface area (Å²) >= 11 is 1.95. The lowest BCUT2D eigenvalue weighted by atomic mass is 9.87. The van der Waals surface area contributed by atoms with Crippen molar-refractivity contribution in [2.24, 2.45) is 10.7 Å². The van der Waals surface area contributed by atoms with E-state index < -0.39 is 6.17 Å². The predicted octanol–water partition coefficient (Wildman–Crippen LogP) is 11.4. The quantitative estimate of drug-likeness (QED) is 0.129. The molecule has 4 unspecified atom stereocenters. The Labute approximate surface area is 308 Å². The van der Waals surface area contributed by atoms with E-state index in [2.05, 4.69) is 146 Å². The second-order valence-electron chi connectivity index (χ2n) is 13.6. The van der Waals surface area contributed by atoms with E-state index in [4.69, 9.17) is 15.1 Å². The third-order valence-corrected chi connectivity index (χ3v) is 11.7. The summed E-state index contributed by atoms with van der Waals surface area (Å²) in [5.74, 6) is 1.10. The van der Waals surface area contributed by atoms with Gasteiger partial charge in [-0.15, -0.1) is 11.8 Å². The Morgan fingerprint density at radius 2 is 1.54 bits per heavy atom. The molecule has 0 saturated carbocycles. The molecule has 0 saturated heterocycles. The third kappa shape index (κ3) is 6.06. The van der Waals surface area contributed by atoms with Crippen molar-refractivity contribution >= 4 is 39.5 Å². The van der Waals surface area contributed by atoms with E-state index in [1.54, 1.807) is 0 Å². The van der Waals surface area contributed by atoms with Crippen LogP contribution in [-0.4, -0.2) is 17.3 Å². The molecule has 1 aliphatic heterocycles. The van der Waals surface area contributed by atoms with Gasteiger partial charge in [0.15, 0.2) is 0 Å². The number of nitrogens with zero attached hydrogens (tertiary/aromatic N) is 1. The van der Waals surface area contributed by atoms with Gasteiger partial charge in [0.2, 0.25) is 0 Å². The summed E-state index contributed by atoms with van der Waals surface area (Å²) in [6.07, 6.45) is 19.6. The average Bonchev–Trinajstić information content (AvgIpc) is 3.64. The Kier molecular flexibility index (Phi) is 8.59. The predicted molar refractivity (Wildman–Crippen MR) is 219 cm³/mol. The molecule has 1 aromatic heterocycles. The van der Waals surface area contributed by atoms with Crippen LogP contribution in [0.1, 0.15) is 42.0 Å². The molecule has 3 N–H and O–H groups in total. The number of hydrogen-bond acceptors (Lipinski definition) is 4. The van der Waals surface area contributed by atoms with Crippen LogP contribution >= 0.6 is 11.8 Å². The normalized spacial score (nSPS) is 19.0. The summed E-state index contributed by atoms with van der Waals surface area (Å²) in [6, 6.07) is 38.6. The molecule has 2 aliphatic carbocycles. The maximum Gasteiger partial charge on any atom is 0.136 e. The molecule has 0 bridgehead atoms. The zero-order chi connectivity index (χ0) is 35.0. The molecule has 2 heterocycles. The van der Waals surface area contributed by atoms with Crippen LogP contribution in [0, 0.1) is 0 Å². The van der Waals surface area contributed by atoms with Crippen molar-refractivity contribution < 1.29 is 4.42 Å². The number of benzene rings is 5. The Hall–Kier alpha value is -5.62. The molecule has 9 rings (SSSR count). The van der Waals surface area contributed by atoms with Crippen LogP contribution in [-0.2, 0) is 0 Å². The van der Waals surface area contributed by atoms with Crippen LogP contribution in [0.2, 0.25) is 0 Å². The van der Waals surface area contributed by atoms with Crippen molar-refractivity contribution in [1.29, 1.82) is 0 Å². The molecular formula is C47H39N3OS. The summed E-state index contributed by atoms with van der Waals surface area (Å²) in [4.78, 5) is 6.63. The number of fused-ring (bicyclic) bond motifs is 6. The SMILES string of the molecule is CC(NC(=NC(N)C1=CC=CC=CC1)c1cccc2oc3ccc(-c4ccc(-c5ccccc5)cc4)cc3c12)c1cccc2c1C1C=CC=CC1S2. The van der Waals surface area contributed by atoms with Crippen molar-refractivity contribution in [2.75, 3.05) is 0 Å². The lowest BCUT2D eigenvalue weighted by Gasteiger charge is -2.24. The fourth-order valence-corrected chi connectivity index (χ4v) is 9.07. The number of nitrogens with one attached hydrogen (secondary N) is 1. The summed E-state index contributed by atoms with van der Waals surface area (Å²) in [5, 5.41) is 6.38. The van der Waals surface area contributed by atoms with E-state index in [-0.39, 0.29) is 6.04 Å². The molecule has 0 spiro atoms. The van der Waals surface area contributed by atoms with Gasteiger partial charge in [-0.25, -0.2) is 4.99 Å². The fraction of sp³-hybridized carbons (Fsp3) is 0.128. The largest absolute Gasteiger partial charge is 0.456 e. The first-order valence-electron chi connectivity index (χ1n) is 18.0. The number of aliphatic imine (C=N–C) groups is 1. The van der Waals surface area contributed by atoms with Crippen LogP contribution < -0.4 is 11.1 Å². The van der Waals surface area contributed by atoms with Crippen molar-refractivity contribution in [3.8, 4) is 22.3 Å². The topological polar surface area (TPSA) is 63.5 Å². The minimum atomic E-state index is -0.526. The Morgan fingerprint density at radius 1 is 0.769 bits per heavy atom. The average molecular weight is 694 g/mol. The first kappa shape index (κ1) is 32.3. The van der Waals surface area contributed by atoms with E-state index in [0.29, 0.717) is 11.2 Å². The third-order valence-electron chi connectivity index (χ3n) is 10.3. The zero-order valence-electron chi connectivity index (χ0n) is 28.9. The van der Waals surface area contributed by atoms with Crippen LogP contribution in [0.3, 0.4) is 0 Å². The van der Waals surface area contributed by atoms with Gasteiger partial charge in [0, 0.05) is 32.4 Å². The minimum absolute atomic E-state index is 0.0328. The molecule has 6 aromatic rings. The van der Waals surface area contributed by atoms with E-state index in [0.717, 1.165) is 56.5 Å². The van der Waals surface area contributed by atoms with Gasteiger partial charge in [0.1, 0.15) is 23.2 Å². The minimum Gasteiger partial charge on any atom is -0.456 e. The van der Waals surface area contributed by atoms with Crippen LogP contribution in [0.4, 0.5) is 0 Å². The second-order valence-corrected chi connectivity index (χ2v) is 14.8. The number of allylic oxidation sites excluding steroid dienone is 8. The second kappa shape index (κ2) is 13.8. The van der Waals surface area contributed by atoms with E-state index in [1.807, 2.05) is 42.1 Å². The number of hydrogen-bond donors (Lipinski definition) is 2. The fourth-order valence-electron chi connectivity index (χ4n) is 7.70. The highest BCUT2D eigenvalue weighted by Crippen LogP contribution is 2.50. The monoisotopic (exact) mass is 693 g/mol. The van der Waals surface area contributed by atoms with E-state index in [1.165, 1.54) is 27.1 Å². The lowest BCUT2D eigenvalue weighted by molar-refractivity contribution is 0.668. The maximum absolute atomic E-state index is 6.93. The standard InChI is InChI=1S/C47H39N3OS/c1-30(36-18-12-22-43-45(36)37-17-9-10-21-42(37)52-43)49-47(50-46(48)34-15-5-2-3-6-16-34)38-19-11-20-41-44(38)39-29-35(27-28-40(39)51-41)33-25-23-32(24-26-33)31-13-7-4-8-14-31/h2-15,17-30,37,42,46H,16,48H2,1H3,(H,49,50). The van der Waals surface area contributed by atoms with Gasteiger partial charge < -0.3 is 15.5 Å². The van der Waals surface area contributed by atoms with Gasteiger partial charge in [-0.2, -0.15) is 0 Å². The van der Waals surface area contributed by atoms with Crippen molar-refractivity contribution in [1.82, 2.24) is 5.32 Å². The molecule has 0 amide bonds. The Balaban J connectivity index is 1.14. The molecule has 4 atom stereocenters. The summed E-state index contributed by atoms with van der Waals surface area (Å²) in [7, 11) is 0. The maximum atomic E-state index is 6.93. The molecular weight excluding hydrogens is 655 g/mol. The number of furan rings is 1. The number of thioether (sulfide) groups is 1. The van der Waals surface area contributed by atoms with Gasteiger partial charge in [-0.05, 0) is 76.6 Å². The van der Waals surface area contributed by atoms with Crippen LogP contribution in [0.15, 0.2) is 184 Å². The van der Waals surface area contributed by atoms with Crippen molar-refractivity contribution in [3.63, 3.8) is 0 Å². The smallest absolute Gasteiger partial charge is 0.136 e. The van der Waals surface area contributed by atoms with E-state index in [9.17, 15) is 0 Å². The molecule has 0 radical (unpaired) electrons. The Bertz CT molecular complexity index is 2480. The first-order valence-corrected chi connectivity index (χ1v) is 18.9. The van der Waals surface area contributed by atoms with Gasteiger partial charge in [-0.1, -0.05) is 140 Å². The van der Waals surface area contributed by atoms with Gasteiger partial charge in [-0.3, -0.25) is 0 Å². The molecule has 5 heteroatoms. The molecule has 3 aliphatic rings. The molecule has 0 fully saturated rings. The number of rotatable bonds is 7. The van der Waals surface area contributed by atoms with Crippen molar-refractivity contribution in [2.45, 2.75) is 41.6 Å². The van der Waals surface area contributed by atoms with Crippen molar-refractivity contribution in [3.05, 3.63) is 186 Å². The van der Waals surface area contributed by atoms with Crippen LogP contribution in [0.5, 0.6) is 0 Å². The lowest BCUT2D eigenvalue weighted by Crippen LogP contribution is -2.32. The zero-order valence-corrected chi connectivity index (χ0v) is 29.8. The molecule has 52 heavy (non-hydrogen) atoms. The van der Waals surface area contributed by atoms with Crippen LogP contribution in [0.25, 0.3) is 44.2 Å². The summed E-state index contributed by atoms with van der Waals surface area (Å²) in [6.45, 7) is 2.23. The Morgan fingerprint density at radius 3 is 2.40 bits per heavy atom. The summed E-state index contributed by atoms with van der Waals surface area (Å²) in [5.41, 5.74) is 18.0. The highest BCUT2D eigenvalue weighted by Gasteiger charge is 2.34. The highest BCUT2D eigenvalue weighted by atomic mass is 32.2.